The van der Waals surface area contributed by atoms with Gasteiger partial charge < -0.3 is 0 Å². The Morgan fingerprint density at radius 3 is 1.96 bits per heavy atom. The Morgan fingerprint density at radius 2 is 1.42 bits per heavy atom. The van der Waals surface area contributed by atoms with E-state index in [0.717, 1.165) is 42.7 Å². The van der Waals surface area contributed by atoms with Gasteiger partial charge >= 0.3 is 6.18 Å². The lowest BCUT2D eigenvalue weighted by molar-refractivity contribution is -0.137. The van der Waals surface area contributed by atoms with Gasteiger partial charge in [0.05, 0.1) is 5.56 Å². The second kappa shape index (κ2) is 8.08. The molecule has 0 amide bonds. The summed E-state index contributed by atoms with van der Waals surface area (Å²) in [4.78, 5) is 0. The van der Waals surface area contributed by atoms with E-state index in [4.69, 9.17) is 0 Å². The smallest absolute Gasteiger partial charge is 0.173 e. The first-order chi connectivity index (χ1) is 11.4. The summed E-state index contributed by atoms with van der Waals surface area (Å²) in [6.07, 6.45) is -4.10. The van der Waals surface area contributed by atoms with Crippen molar-refractivity contribution in [2.45, 2.75) is 31.9 Å². The molecule has 2 rings (SSSR count). The molecule has 0 radical (unpaired) electrons. The molecular weight excluding hydrogens is 323 g/mol. The zero-order valence-electron chi connectivity index (χ0n) is 12.9. The summed E-state index contributed by atoms with van der Waals surface area (Å²) in [5.41, 5.74) is 0.256. The molecule has 0 N–H and O–H groups in total. The van der Waals surface area contributed by atoms with Crippen molar-refractivity contribution in [3.8, 4) is 0 Å². The van der Waals surface area contributed by atoms with Crippen LogP contribution >= 0.6 is 0 Å². The molecule has 0 aliphatic heterocycles. The van der Waals surface area contributed by atoms with Gasteiger partial charge in [0.25, 0.3) is 6.08 Å². The van der Waals surface area contributed by atoms with Crippen molar-refractivity contribution in [2.24, 2.45) is 0 Å². The number of allylic oxidation sites excluding steroid dienone is 1. The largest absolute Gasteiger partial charge is 0.416 e. The van der Waals surface area contributed by atoms with E-state index in [1.54, 1.807) is 0 Å². The highest BCUT2D eigenvalue weighted by atomic mass is 19.4. The van der Waals surface area contributed by atoms with Crippen LogP contribution in [0.5, 0.6) is 0 Å². The molecule has 0 atom stereocenters. The van der Waals surface area contributed by atoms with E-state index >= 15 is 0 Å². The van der Waals surface area contributed by atoms with Crippen LogP contribution in [-0.4, -0.2) is 0 Å². The van der Waals surface area contributed by atoms with E-state index < -0.39 is 17.8 Å². The zero-order chi connectivity index (χ0) is 17.6. The van der Waals surface area contributed by atoms with Crippen LogP contribution < -0.4 is 0 Å². The van der Waals surface area contributed by atoms with Gasteiger partial charge in [-0.15, -0.1) is 0 Å². The summed E-state index contributed by atoms with van der Waals surface area (Å²) in [5.74, 6) is 0. The molecule has 5 heteroatoms. The maximum atomic E-state index is 13.1. The Bertz CT molecular complexity index is 665. The average molecular weight is 340 g/mol. The molecule has 0 saturated heterocycles. The monoisotopic (exact) mass is 340 g/mol. The standard InChI is InChI=1S/C19H17F5/c20-18(21)17(9-5-4-8-14-6-2-1-3-7-14)15-10-12-16(13-11-15)19(22,23)24/h1-3,6-7,10-13H,4-5,8-9H2. The maximum absolute atomic E-state index is 13.1. The van der Waals surface area contributed by atoms with E-state index in [0.29, 0.717) is 6.42 Å². The topological polar surface area (TPSA) is 0 Å². The van der Waals surface area contributed by atoms with E-state index in [1.165, 1.54) is 0 Å². The first-order valence-corrected chi connectivity index (χ1v) is 7.63. The second-order valence-electron chi connectivity index (χ2n) is 5.51. The molecule has 0 spiro atoms. The SMILES string of the molecule is FC(F)=C(CCCCc1ccccc1)c1ccc(C(F)(F)F)cc1. The van der Waals surface area contributed by atoms with Crippen LogP contribution in [0.4, 0.5) is 22.0 Å². The van der Waals surface area contributed by atoms with Gasteiger partial charge in [0.1, 0.15) is 0 Å². The molecule has 0 heterocycles. The van der Waals surface area contributed by atoms with Gasteiger partial charge in [-0.2, -0.15) is 22.0 Å². The zero-order valence-corrected chi connectivity index (χ0v) is 12.9. The molecule has 2 aromatic rings. The molecule has 0 saturated carbocycles. The predicted octanol–water partition coefficient (Wildman–Crippen LogP) is 6.73. The van der Waals surface area contributed by atoms with Gasteiger partial charge in [-0.25, -0.2) is 0 Å². The fourth-order valence-electron chi connectivity index (χ4n) is 2.48. The van der Waals surface area contributed by atoms with Crippen LogP contribution in [0.2, 0.25) is 0 Å². The predicted molar refractivity (Wildman–Crippen MR) is 84.6 cm³/mol. The third-order valence-electron chi connectivity index (χ3n) is 3.77. The molecule has 0 aliphatic rings. The van der Waals surface area contributed by atoms with Gasteiger partial charge in [-0.1, -0.05) is 42.5 Å². The number of hydrogen-bond donors (Lipinski definition) is 0. The minimum Gasteiger partial charge on any atom is -0.173 e. The molecule has 0 unspecified atom stereocenters. The second-order valence-corrected chi connectivity index (χ2v) is 5.51. The van der Waals surface area contributed by atoms with Gasteiger partial charge in [-0.05, 0) is 48.9 Å². The van der Waals surface area contributed by atoms with Crippen molar-refractivity contribution in [1.29, 1.82) is 0 Å². The minimum absolute atomic E-state index is 0.139. The molecular formula is C19H17F5. The normalized spacial score (nSPS) is 11.4. The van der Waals surface area contributed by atoms with E-state index in [-0.39, 0.29) is 17.6 Å². The van der Waals surface area contributed by atoms with Crippen molar-refractivity contribution in [3.05, 3.63) is 77.4 Å². The van der Waals surface area contributed by atoms with Crippen molar-refractivity contribution in [3.63, 3.8) is 0 Å². The third kappa shape index (κ3) is 5.18. The van der Waals surface area contributed by atoms with E-state index in [9.17, 15) is 22.0 Å². The Kier molecular flexibility index (Phi) is 6.12. The third-order valence-corrected chi connectivity index (χ3v) is 3.77. The number of hydrogen-bond acceptors (Lipinski definition) is 0. The van der Waals surface area contributed by atoms with Gasteiger partial charge in [0.15, 0.2) is 0 Å². The average Bonchev–Trinajstić information content (AvgIpc) is 2.55. The summed E-state index contributed by atoms with van der Waals surface area (Å²) < 4.78 is 63.8. The summed E-state index contributed by atoms with van der Waals surface area (Å²) in [6.45, 7) is 0. The summed E-state index contributed by atoms with van der Waals surface area (Å²) in [7, 11) is 0. The van der Waals surface area contributed by atoms with Gasteiger partial charge in [-0.3, -0.25) is 0 Å². The lowest BCUT2D eigenvalue weighted by atomic mass is 9.98. The highest BCUT2D eigenvalue weighted by Gasteiger charge is 2.30. The van der Waals surface area contributed by atoms with Crippen molar-refractivity contribution >= 4 is 5.57 Å². The number of aryl methyl sites for hydroxylation is 1. The fraction of sp³-hybridized carbons (Fsp3) is 0.263. The number of benzene rings is 2. The maximum Gasteiger partial charge on any atom is 0.416 e. The molecule has 0 bridgehead atoms. The lowest BCUT2D eigenvalue weighted by Crippen LogP contribution is -2.04. The lowest BCUT2D eigenvalue weighted by Gasteiger charge is -2.10. The molecule has 0 aliphatic carbocycles. The van der Waals surface area contributed by atoms with E-state index in [2.05, 4.69) is 0 Å². The van der Waals surface area contributed by atoms with Gasteiger partial charge in [0.2, 0.25) is 0 Å². The number of rotatable bonds is 6. The van der Waals surface area contributed by atoms with Crippen molar-refractivity contribution in [1.82, 2.24) is 0 Å². The molecule has 128 valence electrons. The first-order valence-electron chi connectivity index (χ1n) is 7.63. The molecule has 0 fully saturated rings. The van der Waals surface area contributed by atoms with Crippen LogP contribution in [0.1, 0.15) is 36.0 Å². The van der Waals surface area contributed by atoms with Crippen LogP contribution in [0.25, 0.3) is 5.57 Å². The van der Waals surface area contributed by atoms with Crippen LogP contribution in [0, 0.1) is 0 Å². The molecule has 24 heavy (non-hydrogen) atoms. The van der Waals surface area contributed by atoms with Gasteiger partial charge in [0, 0.05) is 5.57 Å². The van der Waals surface area contributed by atoms with Crippen molar-refractivity contribution in [2.75, 3.05) is 0 Å². The quantitative estimate of drug-likeness (QED) is 0.404. The van der Waals surface area contributed by atoms with Crippen LogP contribution in [0.15, 0.2) is 60.7 Å². The Hall–Kier alpha value is -2.17. The summed E-state index contributed by atoms with van der Waals surface area (Å²) >= 11 is 0. The molecule has 0 aromatic heterocycles. The summed E-state index contributed by atoms with van der Waals surface area (Å²) in [5, 5.41) is 0. The van der Waals surface area contributed by atoms with E-state index in [1.807, 2.05) is 30.3 Å². The highest BCUT2D eigenvalue weighted by Crippen LogP contribution is 2.32. The Balaban J connectivity index is 1.96. The number of halogens is 5. The first kappa shape index (κ1) is 18.2. The van der Waals surface area contributed by atoms with Crippen LogP contribution in [0.3, 0.4) is 0 Å². The highest BCUT2D eigenvalue weighted by molar-refractivity contribution is 5.66. The summed E-state index contributed by atoms with van der Waals surface area (Å²) in [6, 6.07) is 13.6. The molecule has 0 nitrogen and oxygen atoms in total. The van der Waals surface area contributed by atoms with Crippen LogP contribution in [-0.2, 0) is 12.6 Å². The molecule has 2 aromatic carbocycles. The minimum atomic E-state index is -4.47. The number of unbranched alkanes of at least 4 members (excludes halogenated alkanes) is 1. The fourth-order valence-corrected chi connectivity index (χ4v) is 2.48. The Labute approximate surface area is 137 Å². The number of alkyl halides is 3. The Morgan fingerprint density at radius 1 is 0.792 bits per heavy atom. The van der Waals surface area contributed by atoms with Crippen molar-refractivity contribution < 1.29 is 22.0 Å².